The average molecular weight is 300 g/mol. The molecule has 1 N–H and O–H groups in total. The Morgan fingerprint density at radius 1 is 1.40 bits per heavy atom. The second-order valence-corrected chi connectivity index (χ2v) is 6.30. The normalized spacial score (nSPS) is 18.5. The first-order valence-electron chi connectivity index (χ1n) is 6.56. The van der Waals surface area contributed by atoms with E-state index in [2.05, 4.69) is 28.9 Å². The fourth-order valence-corrected chi connectivity index (χ4v) is 3.28. The Morgan fingerprint density at radius 2 is 2.15 bits per heavy atom. The van der Waals surface area contributed by atoms with Gasteiger partial charge in [0.1, 0.15) is 5.75 Å². The number of hydrogen-bond acceptors (Lipinski definition) is 4. The zero-order chi connectivity index (χ0) is 14.5. The van der Waals surface area contributed by atoms with Crippen molar-refractivity contribution in [2.75, 3.05) is 11.9 Å². The lowest BCUT2D eigenvalue weighted by molar-refractivity contribution is -0.0493. The first-order valence-corrected chi connectivity index (χ1v) is 7.44. The molecule has 0 aliphatic carbocycles. The number of anilines is 1. The van der Waals surface area contributed by atoms with Gasteiger partial charge in [-0.05, 0) is 24.5 Å². The molecule has 1 heterocycles. The van der Waals surface area contributed by atoms with E-state index in [0.29, 0.717) is 16.9 Å². The van der Waals surface area contributed by atoms with E-state index in [1.165, 1.54) is 6.07 Å². The minimum Gasteiger partial charge on any atom is -0.433 e. The Morgan fingerprint density at radius 3 is 2.85 bits per heavy atom. The van der Waals surface area contributed by atoms with Gasteiger partial charge in [0.15, 0.2) is 5.17 Å². The second kappa shape index (κ2) is 6.92. The third-order valence-corrected chi connectivity index (χ3v) is 3.93. The molecule has 1 unspecified atom stereocenters. The summed E-state index contributed by atoms with van der Waals surface area (Å²) in [5.74, 6) is 0.759. The van der Waals surface area contributed by atoms with Crippen molar-refractivity contribution in [1.82, 2.24) is 0 Å². The quantitative estimate of drug-likeness (QED) is 0.884. The first kappa shape index (κ1) is 15.1. The molecular weight excluding hydrogens is 282 g/mol. The van der Waals surface area contributed by atoms with Crippen LogP contribution in [0.4, 0.5) is 14.5 Å². The summed E-state index contributed by atoms with van der Waals surface area (Å²) in [5, 5.41) is 4.30. The molecule has 1 aromatic rings. The molecule has 0 fully saturated rings. The summed E-state index contributed by atoms with van der Waals surface area (Å²) < 4.78 is 29.2. The molecule has 0 spiro atoms. The number of nitrogens with zero attached hydrogens (tertiary/aromatic N) is 1. The second-order valence-electron chi connectivity index (χ2n) is 5.01. The Kier molecular flexibility index (Phi) is 5.23. The van der Waals surface area contributed by atoms with E-state index >= 15 is 0 Å². The van der Waals surface area contributed by atoms with Gasteiger partial charge in [0, 0.05) is 5.25 Å². The van der Waals surface area contributed by atoms with Crippen molar-refractivity contribution in [1.29, 1.82) is 0 Å². The maximum absolute atomic E-state index is 12.3. The molecule has 0 saturated carbocycles. The number of benzene rings is 1. The Labute approximate surface area is 121 Å². The van der Waals surface area contributed by atoms with Crippen LogP contribution >= 0.6 is 11.8 Å². The molecule has 20 heavy (non-hydrogen) atoms. The largest absolute Gasteiger partial charge is 0.433 e. The number of ether oxygens (including phenoxy) is 1. The van der Waals surface area contributed by atoms with Crippen molar-refractivity contribution in [3.05, 3.63) is 24.3 Å². The van der Waals surface area contributed by atoms with E-state index in [0.717, 1.165) is 18.1 Å². The van der Waals surface area contributed by atoms with Crippen molar-refractivity contribution in [3.8, 4) is 5.75 Å². The van der Waals surface area contributed by atoms with Crippen LogP contribution in [0.15, 0.2) is 29.3 Å². The highest BCUT2D eigenvalue weighted by atomic mass is 32.2. The highest BCUT2D eigenvalue weighted by Crippen LogP contribution is 2.31. The van der Waals surface area contributed by atoms with Crippen molar-refractivity contribution in [2.24, 2.45) is 10.9 Å². The van der Waals surface area contributed by atoms with E-state index in [1.54, 1.807) is 30.0 Å². The lowest BCUT2D eigenvalue weighted by Crippen LogP contribution is -2.11. The smallest absolute Gasteiger partial charge is 0.387 e. The maximum Gasteiger partial charge on any atom is 0.387 e. The van der Waals surface area contributed by atoms with Gasteiger partial charge in [-0.3, -0.25) is 4.99 Å². The molecule has 1 atom stereocenters. The van der Waals surface area contributed by atoms with Gasteiger partial charge >= 0.3 is 6.61 Å². The van der Waals surface area contributed by atoms with E-state index < -0.39 is 6.61 Å². The van der Waals surface area contributed by atoms with E-state index in [9.17, 15) is 8.78 Å². The number of aliphatic imine (C=N–C) groups is 1. The third-order valence-electron chi connectivity index (χ3n) is 2.80. The molecule has 110 valence electrons. The maximum atomic E-state index is 12.3. The van der Waals surface area contributed by atoms with Gasteiger partial charge in [0.05, 0.1) is 12.2 Å². The van der Waals surface area contributed by atoms with Crippen molar-refractivity contribution in [2.45, 2.75) is 32.1 Å². The summed E-state index contributed by atoms with van der Waals surface area (Å²) in [5.41, 5.74) is 0.518. The highest BCUT2D eigenvalue weighted by molar-refractivity contribution is 8.15. The van der Waals surface area contributed by atoms with E-state index in [-0.39, 0.29) is 5.75 Å². The van der Waals surface area contributed by atoms with Gasteiger partial charge in [-0.1, -0.05) is 37.7 Å². The summed E-state index contributed by atoms with van der Waals surface area (Å²) >= 11 is 1.66. The van der Waals surface area contributed by atoms with Gasteiger partial charge in [0.2, 0.25) is 0 Å². The standard InChI is InChI=1S/C14H18F2N2OS/c1-9(2)7-10-8-17-14(20-10)18-11-5-3-4-6-12(11)19-13(15)16/h3-6,9-10,13H,7-8H2,1-2H3,(H,17,18). The molecule has 0 bridgehead atoms. The molecule has 1 aromatic carbocycles. The molecular formula is C14H18F2N2OS. The van der Waals surface area contributed by atoms with Crippen LogP contribution in [0.1, 0.15) is 20.3 Å². The number of amidine groups is 1. The molecule has 1 aliphatic heterocycles. The van der Waals surface area contributed by atoms with Crippen molar-refractivity contribution < 1.29 is 13.5 Å². The average Bonchev–Trinajstić information content (AvgIpc) is 2.77. The zero-order valence-corrected chi connectivity index (χ0v) is 12.3. The van der Waals surface area contributed by atoms with Crippen LogP contribution in [-0.2, 0) is 0 Å². The molecule has 6 heteroatoms. The van der Waals surface area contributed by atoms with Gasteiger partial charge in [-0.2, -0.15) is 8.78 Å². The topological polar surface area (TPSA) is 33.6 Å². The zero-order valence-electron chi connectivity index (χ0n) is 11.5. The van der Waals surface area contributed by atoms with E-state index in [4.69, 9.17) is 0 Å². The van der Waals surface area contributed by atoms with Crippen molar-refractivity contribution >= 4 is 22.6 Å². The lowest BCUT2D eigenvalue weighted by atomic mass is 10.1. The van der Waals surface area contributed by atoms with Crippen LogP contribution in [0.2, 0.25) is 0 Å². The number of rotatable bonds is 5. The summed E-state index contributed by atoms with van der Waals surface area (Å²) in [6.07, 6.45) is 1.09. The van der Waals surface area contributed by atoms with Crippen LogP contribution in [0.5, 0.6) is 5.75 Å². The number of halogens is 2. The minimum absolute atomic E-state index is 0.137. The highest BCUT2D eigenvalue weighted by Gasteiger charge is 2.21. The summed E-state index contributed by atoms with van der Waals surface area (Å²) in [4.78, 5) is 4.41. The van der Waals surface area contributed by atoms with E-state index in [1.807, 2.05) is 0 Å². The predicted molar refractivity (Wildman–Crippen MR) is 79.8 cm³/mol. The van der Waals surface area contributed by atoms with Crippen LogP contribution in [-0.4, -0.2) is 23.6 Å². The molecule has 0 aromatic heterocycles. The van der Waals surface area contributed by atoms with Crippen LogP contribution in [0.3, 0.4) is 0 Å². The molecule has 0 radical (unpaired) electrons. The Hall–Kier alpha value is -1.30. The SMILES string of the molecule is CC(C)CC1CN=C(Nc2ccccc2OC(F)F)S1. The summed E-state index contributed by atoms with van der Waals surface area (Å²) in [7, 11) is 0. The fourth-order valence-electron chi connectivity index (χ4n) is 2.02. The first-order chi connectivity index (χ1) is 9.54. The number of hydrogen-bond donors (Lipinski definition) is 1. The summed E-state index contributed by atoms with van der Waals surface area (Å²) in [6, 6.07) is 6.65. The number of alkyl halides is 2. The predicted octanol–water partition coefficient (Wildman–Crippen LogP) is 4.22. The monoisotopic (exact) mass is 300 g/mol. The number of thioether (sulfide) groups is 1. The molecule has 1 aliphatic rings. The van der Waals surface area contributed by atoms with Gasteiger partial charge in [-0.25, -0.2) is 0 Å². The number of nitrogens with one attached hydrogen (secondary N) is 1. The molecule has 2 rings (SSSR count). The van der Waals surface area contributed by atoms with Gasteiger partial charge < -0.3 is 10.1 Å². The number of para-hydroxylation sites is 2. The van der Waals surface area contributed by atoms with Crippen molar-refractivity contribution in [3.63, 3.8) is 0 Å². The van der Waals surface area contributed by atoms with Crippen LogP contribution < -0.4 is 10.1 Å². The van der Waals surface area contributed by atoms with Gasteiger partial charge in [-0.15, -0.1) is 0 Å². The third kappa shape index (κ3) is 4.37. The molecule has 3 nitrogen and oxygen atoms in total. The summed E-state index contributed by atoms with van der Waals surface area (Å²) in [6.45, 7) is 2.29. The van der Waals surface area contributed by atoms with Crippen LogP contribution in [0.25, 0.3) is 0 Å². The van der Waals surface area contributed by atoms with Gasteiger partial charge in [0.25, 0.3) is 0 Å². The van der Waals surface area contributed by atoms with Crippen LogP contribution in [0, 0.1) is 5.92 Å². The minimum atomic E-state index is -2.83. The lowest BCUT2D eigenvalue weighted by Gasteiger charge is -2.13. The fraction of sp³-hybridized carbons (Fsp3) is 0.500. The molecule has 0 saturated heterocycles. The molecule has 0 amide bonds. The Balaban J connectivity index is 1.97. The Bertz CT molecular complexity index is 480.